The molecule has 1 unspecified atom stereocenters. The first-order valence-corrected chi connectivity index (χ1v) is 10.1. The second-order valence-electron chi connectivity index (χ2n) is 8.12. The van der Waals surface area contributed by atoms with Crippen molar-refractivity contribution in [2.45, 2.75) is 44.8 Å². The number of hydrogen-bond donors (Lipinski definition) is 3. The second kappa shape index (κ2) is 8.88. The van der Waals surface area contributed by atoms with Crippen molar-refractivity contribution in [3.8, 4) is 11.5 Å². The maximum atomic E-state index is 13.6. The molecule has 0 saturated heterocycles. The first kappa shape index (κ1) is 23.7. The van der Waals surface area contributed by atoms with E-state index in [1.165, 1.54) is 6.92 Å². The number of halogens is 2. The van der Waals surface area contributed by atoms with Crippen molar-refractivity contribution < 1.29 is 33.7 Å². The number of nitrogens with two attached hydrogens (primary N) is 1. The van der Waals surface area contributed by atoms with Gasteiger partial charge in [0.1, 0.15) is 23.4 Å². The Bertz CT molecular complexity index is 1110. The summed E-state index contributed by atoms with van der Waals surface area (Å²) in [7, 11) is 0. The van der Waals surface area contributed by atoms with E-state index in [1.807, 2.05) is 0 Å². The molecule has 0 aliphatic heterocycles. The van der Waals surface area contributed by atoms with Gasteiger partial charge in [0.2, 0.25) is 0 Å². The van der Waals surface area contributed by atoms with Crippen LogP contribution in [0.1, 0.15) is 76.1 Å². The summed E-state index contributed by atoms with van der Waals surface area (Å²) in [5.74, 6) is -4.05. The number of ether oxygens (including phenoxy) is 1. The van der Waals surface area contributed by atoms with E-state index in [0.717, 1.165) is 37.1 Å². The van der Waals surface area contributed by atoms with Gasteiger partial charge in [-0.25, -0.2) is 4.39 Å². The zero-order valence-electron chi connectivity index (χ0n) is 17.3. The molecule has 170 valence electrons. The first-order valence-electron chi connectivity index (χ1n) is 10.1. The van der Waals surface area contributed by atoms with E-state index >= 15 is 0 Å². The average molecular weight is 464 g/mol. The lowest BCUT2D eigenvalue weighted by molar-refractivity contribution is -0.154. The predicted octanol–water partition coefficient (Wildman–Crippen LogP) is 3.56. The van der Waals surface area contributed by atoms with Gasteiger partial charge >= 0.3 is 5.97 Å². The topological polar surface area (TPSA) is 127 Å². The summed E-state index contributed by atoms with van der Waals surface area (Å²) in [5, 5.41) is 21.3. The van der Waals surface area contributed by atoms with Gasteiger partial charge in [-0.15, -0.1) is 12.4 Å². The van der Waals surface area contributed by atoms with E-state index in [-0.39, 0.29) is 46.6 Å². The Morgan fingerprint density at radius 2 is 1.69 bits per heavy atom. The maximum absolute atomic E-state index is 13.6. The van der Waals surface area contributed by atoms with Crippen molar-refractivity contribution in [3.05, 3.63) is 57.9 Å². The molecule has 4 rings (SSSR count). The molecule has 1 fully saturated rings. The van der Waals surface area contributed by atoms with Crippen LogP contribution in [0.25, 0.3) is 0 Å². The van der Waals surface area contributed by atoms with Crippen molar-refractivity contribution in [2.75, 3.05) is 0 Å². The first-order chi connectivity index (χ1) is 14.7. The maximum Gasteiger partial charge on any atom is 0.309 e. The van der Waals surface area contributed by atoms with Crippen molar-refractivity contribution in [1.82, 2.24) is 0 Å². The van der Waals surface area contributed by atoms with E-state index in [0.29, 0.717) is 12.8 Å². The normalized spacial score (nSPS) is 20.6. The van der Waals surface area contributed by atoms with Gasteiger partial charge in [0, 0.05) is 22.7 Å². The fourth-order valence-corrected chi connectivity index (χ4v) is 4.30. The van der Waals surface area contributed by atoms with Gasteiger partial charge in [0.25, 0.3) is 0 Å². The quantitative estimate of drug-likeness (QED) is 0.400. The summed E-state index contributed by atoms with van der Waals surface area (Å²) >= 11 is 0. The van der Waals surface area contributed by atoms with Crippen LogP contribution < -0.4 is 5.73 Å². The third-order valence-corrected chi connectivity index (χ3v) is 6.07. The highest BCUT2D eigenvalue weighted by Crippen LogP contribution is 2.43. The van der Waals surface area contributed by atoms with Crippen LogP contribution in [0.3, 0.4) is 0 Å². The molecule has 32 heavy (non-hydrogen) atoms. The van der Waals surface area contributed by atoms with E-state index in [1.54, 1.807) is 0 Å². The van der Waals surface area contributed by atoms with E-state index in [4.69, 9.17) is 10.5 Å². The molecule has 0 spiro atoms. The number of hydrogen-bond acceptors (Lipinski definition) is 7. The zero-order valence-corrected chi connectivity index (χ0v) is 18.1. The van der Waals surface area contributed by atoms with Crippen LogP contribution in [0, 0.1) is 11.7 Å². The molecule has 1 saturated carbocycles. The molecule has 0 amide bonds. The Balaban J connectivity index is 0.00000289. The van der Waals surface area contributed by atoms with Gasteiger partial charge in [0.05, 0.1) is 17.0 Å². The summed E-state index contributed by atoms with van der Waals surface area (Å²) in [5.41, 5.74) is 4.82. The molecule has 0 bridgehead atoms. The molecule has 9 heteroatoms. The molecular formula is C23H23ClFNO6. The number of ketones is 2. The molecule has 4 N–H and O–H groups in total. The van der Waals surface area contributed by atoms with Crippen LogP contribution in [-0.2, 0) is 9.53 Å². The van der Waals surface area contributed by atoms with Crippen LogP contribution in [-0.4, -0.2) is 33.8 Å². The Morgan fingerprint density at radius 1 is 1.06 bits per heavy atom. The Morgan fingerprint density at radius 3 is 2.34 bits per heavy atom. The van der Waals surface area contributed by atoms with Gasteiger partial charge < -0.3 is 20.7 Å². The molecule has 0 radical (unpaired) electrons. The summed E-state index contributed by atoms with van der Waals surface area (Å²) in [6.45, 7) is 1.51. The largest absolute Gasteiger partial charge is 0.507 e. The number of aromatic hydroxyl groups is 2. The SMILES string of the molecule is CC(OC(=O)C1CCC(N)CC1)c1cc(O)c2c(c1O)C(=O)c1ccc(F)cc1C2=O.Cl. The number of phenolic OH excluding ortho intramolecular Hbond substituents is 2. The molecule has 0 heterocycles. The number of carbonyl (C=O) groups excluding carboxylic acids is 3. The van der Waals surface area contributed by atoms with Crippen LogP contribution in [0.2, 0.25) is 0 Å². The van der Waals surface area contributed by atoms with Crippen molar-refractivity contribution in [1.29, 1.82) is 0 Å². The van der Waals surface area contributed by atoms with Crippen LogP contribution in [0.4, 0.5) is 4.39 Å². The highest BCUT2D eigenvalue weighted by Gasteiger charge is 2.37. The minimum atomic E-state index is -0.975. The molecule has 7 nitrogen and oxygen atoms in total. The second-order valence-corrected chi connectivity index (χ2v) is 8.12. The van der Waals surface area contributed by atoms with Crippen molar-refractivity contribution in [3.63, 3.8) is 0 Å². The minimum Gasteiger partial charge on any atom is -0.507 e. The Hall–Kier alpha value is -2.97. The summed E-state index contributed by atoms with van der Waals surface area (Å²) in [4.78, 5) is 38.3. The third-order valence-electron chi connectivity index (χ3n) is 6.07. The number of fused-ring (bicyclic) bond motifs is 2. The molecule has 2 aromatic rings. The van der Waals surface area contributed by atoms with Crippen LogP contribution >= 0.6 is 12.4 Å². The van der Waals surface area contributed by atoms with Crippen molar-refractivity contribution >= 4 is 29.9 Å². The number of esters is 1. The number of phenols is 2. The minimum absolute atomic E-state index is 0. The third kappa shape index (κ3) is 3.96. The molecule has 2 aromatic carbocycles. The van der Waals surface area contributed by atoms with Gasteiger partial charge in [-0.1, -0.05) is 0 Å². The van der Waals surface area contributed by atoms with E-state index in [2.05, 4.69) is 0 Å². The molecular weight excluding hydrogens is 441 g/mol. The van der Waals surface area contributed by atoms with E-state index < -0.39 is 46.5 Å². The lowest BCUT2D eigenvalue weighted by Gasteiger charge is -2.27. The van der Waals surface area contributed by atoms with Gasteiger partial charge in [0.15, 0.2) is 11.6 Å². The molecule has 1 atom stereocenters. The Labute approximate surface area is 189 Å². The highest BCUT2D eigenvalue weighted by atomic mass is 35.5. The number of rotatable bonds is 3. The monoisotopic (exact) mass is 463 g/mol. The summed E-state index contributed by atoms with van der Waals surface area (Å²) in [6.07, 6.45) is 1.67. The zero-order chi connectivity index (χ0) is 22.4. The average Bonchev–Trinajstić information content (AvgIpc) is 2.73. The van der Waals surface area contributed by atoms with Gasteiger partial charge in [-0.2, -0.15) is 0 Å². The van der Waals surface area contributed by atoms with Crippen LogP contribution in [0.5, 0.6) is 11.5 Å². The van der Waals surface area contributed by atoms with Crippen molar-refractivity contribution in [2.24, 2.45) is 11.7 Å². The molecule has 2 aliphatic rings. The standard InChI is InChI=1S/C23H22FNO6.ClH/c1-10(31-23(30)11-2-5-13(25)6-3-11)15-9-17(26)18-19(21(15)28)20(27)14-7-4-12(24)8-16(14)22(18)29;/h4,7-11,13,26,28H,2-3,5-6,25H2,1H3;1H. The van der Waals surface area contributed by atoms with Crippen LogP contribution in [0.15, 0.2) is 24.3 Å². The van der Waals surface area contributed by atoms with E-state index in [9.17, 15) is 29.0 Å². The number of carbonyl (C=O) groups is 3. The molecule has 2 aliphatic carbocycles. The predicted molar refractivity (Wildman–Crippen MR) is 115 cm³/mol. The summed E-state index contributed by atoms with van der Waals surface area (Å²) < 4.78 is 19.1. The smallest absolute Gasteiger partial charge is 0.309 e. The fourth-order valence-electron chi connectivity index (χ4n) is 4.30. The summed E-state index contributed by atoms with van der Waals surface area (Å²) in [6, 6.07) is 4.29. The van der Waals surface area contributed by atoms with Gasteiger partial charge in [-0.3, -0.25) is 14.4 Å². The van der Waals surface area contributed by atoms with Gasteiger partial charge in [-0.05, 0) is 56.9 Å². The molecule has 0 aromatic heterocycles. The highest BCUT2D eigenvalue weighted by molar-refractivity contribution is 6.30. The lowest BCUT2D eigenvalue weighted by atomic mass is 9.81. The Kier molecular flexibility index (Phi) is 6.57. The fraction of sp³-hybridized carbons (Fsp3) is 0.348. The number of benzene rings is 2. The lowest BCUT2D eigenvalue weighted by Crippen LogP contribution is -2.31.